The van der Waals surface area contributed by atoms with Crippen molar-refractivity contribution < 1.29 is 4.79 Å². The lowest BCUT2D eigenvalue weighted by molar-refractivity contribution is -0.119. The summed E-state index contributed by atoms with van der Waals surface area (Å²) in [6.45, 7) is 6.59. The quantitative estimate of drug-likeness (QED) is 0.875. The molecule has 116 valence electrons. The lowest BCUT2D eigenvalue weighted by Crippen LogP contribution is -2.38. The van der Waals surface area contributed by atoms with Crippen molar-refractivity contribution in [3.63, 3.8) is 0 Å². The van der Waals surface area contributed by atoms with Gasteiger partial charge < -0.3 is 16.0 Å². The van der Waals surface area contributed by atoms with E-state index in [1.54, 1.807) is 6.92 Å². The second kappa shape index (κ2) is 7.46. The number of hydrogen-bond acceptors (Lipinski definition) is 3. The van der Waals surface area contributed by atoms with Gasteiger partial charge in [0.15, 0.2) is 0 Å². The molecular formula is C17H27N3O. The molecule has 0 spiro atoms. The minimum atomic E-state index is 0.0664. The van der Waals surface area contributed by atoms with Gasteiger partial charge in [0.05, 0.1) is 0 Å². The maximum Gasteiger partial charge on any atom is 0.216 e. The Bertz CT molecular complexity index is 467. The molecule has 4 heteroatoms. The maximum absolute atomic E-state index is 11.0. The van der Waals surface area contributed by atoms with Crippen LogP contribution in [0.25, 0.3) is 0 Å². The van der Waals surface area contributed by atoms with Gasteiger partial charge in [0.2, 0.25) is 5.91 Å². The summed E-state index contributed by atoms with van der Waals surface area (Å²) in [7, 11) is 0. The third-order valence-electron chi connectivity index (χ3n) is 4.37. The molecule has 1 aliphatic heterocycles. The van der Waals surface area contributed by atoms with Crippen molar-refractivity contribution in [1.82, 2.24) is 5.32 Å². The van der Waals surface area contributed by atoms with Crippen molar-refractivity contribution in [2.75, 3.05) is 24.5 Å². The third kappa shape index (κ3) is 4.21. The molecule has 1 aromatic carbocycles. The molecule has 0 saturated carbocycles. The zero-order valence-corrected chi connectivity index (χ0v) is 13.1. The number of rotatable bonds is 5. The number of nitrogens with zero attached hydrogens (tertiary/aromatic N) is 1. The fraction of sp³-hybridized carbons (Fsp3) is 0.588. The first kappa shape index (κ1) is 15.8. The summed E-state index contributed by atoms with van der Waals surface area (Å²) < 4.78 is 0. The Hall–Kier alpha value is -1.55. The SMILES string of the molecule is CCC(N)c1ccccc1N1CCC(CNC(C)=O)CC1. The molecule has 0 aliphatic carbocycles. The van der Waals surface area contributed by atoms with Gasteiger partial charge in [0.25, 0.3) is 0 Å². The number of anilines is 1. The number of carbonyl (C=O) groups excluding carboxylic acids is 1. The van der Waals surface area contributed by atoms with E-state index in [4.69, 9.17) is 5.73 Å². The number of nitrogens with two attached hydrogens (primary N) is 1. The highest BCUT2D eigenvalue weighted by Gasteiger charge is 2.22. The van der Waals surface area contributed by atoms with Crippen LogP contribution in [0.2, 0.25) is 0 Å². The van der Waals surface area contributed by atoms with Crippen LogP contribution in [0.1, 0.15) is 44.7 Å². The summed E-state index contributed by atoms with van der Waals surface area (Å²) in [6.07, 6.45) is 3.20. The summed E-state index contributed by atoms with van der Waals surface area (Å²) in [4.78, 5) is 13.4. The lowest BCUT2D eigenvalue weighted by Gasteiger charge is -2.35. The van der Waals surface area contributed by atoms with E-state index in [0.29, 0.717) is 5.92 Å². The highest BCUT2D eigenvalue weighted by atomic mass is 16.1. The minimum absolute atomic E-state index is 0.0664. The van der Waals surface area contributed by atoms with E-state index in [9.17, 15) is 4.79 Å². The highest BCUT2D eigenvalue weighted by Crippen LogP contribution is 2.30. The Kier molecular flexibility index (Phi) is 5.62. The molecule has 1 aliphatic rings. The van der Waals surface area contributed by atoms with Gasteiger partial charge in [0, 0.05) is 38.3 Å². The summed E-state index contributed by atoms with van der Waals surface area (Å²) in [5, 5.41) is 2.93. The molecule has 21 heavy (non-hydrogen) atoms. The van der Waals surface area contributed by atoms with Crippen molar-refractivity contribution in [3.8, 4) is 0 Å². The van der Waals surface area contributed by atoms with Crippen LogP contribution >= 0.6 is 0 Å². The summed E-state index contributed by atoms with van der Waals surface area (Å²) in [5.74, 6) is 0.661. The van der Waals surface area contributed by atoms with E-state index in [1.165, 1.54) is 11.3 Å². The smallest absolute Gasteiger partial charge is 0.216 e. The summed E-state index contributed by atoms with van der Waals surface area (Å²) in [6, 6.07) is 8.59. The molecule has 3 N–H and O–H groups in total. The van der Waals surface area contributed by atoms with Gasteiger partial charge in [0.1, 0.15) is 0 Å². The van der Waals surface area contributed by atoms with Crippen molar-refractivity contribution in [2.45, 2.75) is 39.2 Å². The lowest BCUT2D eigenvalue weighted by atomic mass is 9.94. The predicted octanol–water partition coefficient (Wildman–Crippen LogP) is 2.45. The molecule has 1 unspecified atom stereocenters. The molecule has 1 heterocycles. The number of nitrogens with one attached hydrogen (secondary N) is 1. The number of hydrogen-bond donors (Lipinski definition) is 2. The Morgan fingerprint density at radius 2 is 2.05 bits per heavy atom. The molecule has 1 amide bonds. The zero-order chi connectivity index (χ0) is 15.2. The minimum Gasteiger partial charge on any atom is -0.371 e. The molecule has 0 bridgehead atoms. The second-order valence-corrected chi connectivity index (χ2v) is 5.94. The number of piperidine rings is 1. The van der Waals surface area contributed by atoms with Crippen molar-refractivity contribution in [1.29, 1.82) is 0 Å². The number of carbonyl (C=O) groups is 1. The molecule has 0 radical (unpaired) electrons. The van der Waals surface area contributed by atoms with E-state index in [1.807, 2.05) is 0 Å². The second-order valence-electron chi connectivity index (χ2n) is 5.94. The number of para-hydroxylation sites is 1. The third-order valence-corrected chi connectivity index (χ3v) is 4.37. The first-order chi connectivity index (χ1) is 10.1. The Morgan fingerprint density at radius 3 is 2.67 bits per heavy atom. The van der Waals surface area contributed by atoms with Gasteiger partial charge in [-0.25, -0.2) is 0 Å². The van der Waals surface area contributed by atoms with E-state index in [0.717, 1.165) is 38.9 Å². The fourth-order valence-electron chi connectivity index (χ4n) is 2.98. The van der Waals surface area contributed by atoms with Crippen molar-refractivity contribution >= 4 is 11.6 Å². The van der Waals surface area contributed by atoms with Gasteiger partial charge in [-0.1, -0.05) is 25.1 Å². The largest absolute Gasteiger partial charge is 0.371 e. The Labute approximate surface area is 127 Å². The molecule has 1 atom stereocenters. The molecule has 2 rings (SSSR count). The van der Waals surface area contributed by atoms with Gasteiger partial charge in [-0.3, -0.25) is 4.79 Å². The number of benzene rings is 1. The van der Waals surface area contributed by atoms with Gasteiger partial charge in [-0.05, 0) is 36.8 Å². The summed E-state index contributed by atoms with van der Waals surface area (Å²) in [5.41, 5.74) is 8.77. The topological polar surface area (TPSA) is 58.4 Å². The average Bonchev–Trinajstić information content (AvgIpc) is 2.52. The van der Waals surface area contributed by atoms with Gasteiger partial charge in [-0.15, -0.1) is 0 Å². The summed E-state index contributed by atoms with van der Waals surface area (Å²) >= 11 is 0. The normalized spacial score (nSPS) is 17.6. The first-order valence-electron chi connectivity index (χ1n) is 7.95. The monoisotopic (exact) mass is 289 g/mol. The maximum atomic E-state index is 11.0. The van der Waals surface area contributed by atoms with E-state index in [2.05, 4.69) is 41.4 Å². The molecule has 4 nitrogen and oxygen atoms in total. The first-order valence-corrected chi connectivity index (χ1v) is 7.95. The predicted molar refractivity (Wildman–Crippen MR) is 87.3 cm³/mol. The van der Waals surface area contributed by atoms with Gasteiger partial charge >= 0.3 is 0 Å². The van der Waals surface area contributed by atoms with Crippen molar-refractivity contribution in [2.24, 2.45) is 11.7 Å². The molecule has 1 fully saturated rings. The van der Waals surface area contributed by atoms with E-state index >= 15 is 0 Å². The molecule has 1 saturated heterocycles. The van der Waals surface area contributed by atoms with E-state index in [-0.39, 0.29) is 11.9 Å². The highest BCUT2D eigenvalue weighted by molar-refractivity contribution is 5.72. The Balaban J connectivity index is 1.97. The standard InChI is InChI=1S/C17H27N3O/c1-3-16(18)15-6-4-5-7-17(15)20-10-8-14(9-11-20)12-19-13(2)21/h4-7,14,16H,3,8-12,18H2,1-2H3,(H,19,21). The molecule has 0 aromatic heterocycles. The van der Waals surface area contributed by atoms with Crippen LogP contribution in [-0.2, 0) is 4.79 Å². The average molecular weight is 289 g/mol. The number of amides is 1. The Morgan fingerprint density at radius 1 is 1.38 bits per heavy atom. The van der Waals surface area contributed by atoms with Crippen molar-refractivity contribution in [3.05, 3.63) is 29.8 Å². The van der Waals surface area contributed by atoms with Crippen LogP contribution < -0.4 is 16.0 Å². The van der Waals surface area contributed by atoms with E-state index < -0.39 is 0 Å². The fourth-order valence-corrected chi connectivity index (χ4v) is 2.98. The van der Waals surface area contributed by atoms with Crippen LogP contribution in [0.4, 0.5) is 5.69 Å². The van der Waals surface area contributed by atoms with Crippen LogP contribution in [0, 0.1) is 5.92 Å². The molecule has 1 aromatic rings. The van der Waals surface area contributed by atoms with Crippen LogP contribution in [-0.4, -0.2) is 25.5 Å². The van der Waals surface area contributed by atoms with Crippen LogP contribution in [0.15, 0.2) is 24.3 Å². The zero-order valence-electron chi connectivity index (χ0n) is 13.1. The van der Waals surface area contributed by atoms with Crippen LogP contribution in [0.5, 0.6) is 0 Å². The van der Waals surface area contributed by atoms with Crippen LogP contribution in [0.3, 0.4) is 0 Å². The molecular weight excluding hydrogens is 262 g/mol. The van der Waals surface area contributed by atoms with Gasteiger partial charge in [-0.2, -0.15) is 0 Å².